The van der Waals surface area contributed by atoms with Gasteiger partial charge in [0.05, 0.1) is 6.10 Å². The molecule has 1 aromatic rings. The van der Waals surface area contributed by atoms with E-state index in [4.69, 9.17) is 4.74 Å². The van der Waals surface area contributed by atoms with E-state index in [0.29, 0.717) is 18.5 Å². The molecule has 4 nitrogen and oxygen atoms in total. The van der Waals surface area contributed by atoms with Crippen molar-refractivity contribution in [1.82, 2.24) is 9.97 Å². The first-order valence-corrected chi connectivity index (χ1v) is 6.70. The van der Waals surface area contributed by atoms with Crippen molar-refractivity contribution in [3.8, 4) is 0 Å². The SMILES string of the molecule is CN(CCC[C@H]1CCCO1)c1ccnc(C(F)(F)F)n1. The number of halogens is 3. The monoisotopic (exact) mass is 289 g/mol. The number of ether oxygens (including phenoxy) is 1. The molecule has 2 rings (SSSR count). The first-order chi connectivity index (χ1) is 9.47. The van der Waals surface area contributed by atoms with E-state index in [0.717, 1.165) is 38.5 Å². The highest BCUT2D eigenvalue weighted by atomic mass is 19.4. The molecule has 0 aromatic carbocycles. The summed E-state index contributed by atoms with van der Waals surface area (Å²) in [5.41, 5.74) is 0. The molecule has 0 N–H and O–H groups in total. The zero-order chi connectivity index (χ0) is 14.6. The van der Waals surface area contributed by atoms with Crippen LogP contribution in [0.5, 0.6) is 0 Å². The molecule has 0 saturated carbocycles. The van der Waals surface area contributed by atoms with Crippen LogP contribution in [0.15, 0.2) is 12.3 Å². The molecule has 1 atom stereocenters. The van der Waals surface area contributed by atoms with E-state index in [1.54, 1.807) is 11.9 Å². The third-order valence-corrected chi connectivity index (χ3v) is 3.33. The Morgan fingerprint density at radius 1 is 1.45 bits per heavy atom. The van der Waals surface area contributed by atoms with E-state index >= 15 is 0 Å². The zero-order valence-electron chi connectivity index (χ0n) is 11.4. The molecule has 0 aliphatic carbocycles. The molecule has 1 aliphatic heterocycles. The molecular formula is C13H18F3N3O. The maximum absolute atomic E-state index is 12.5. The maximum atomic E-state index is 12.5. The lowest BCUT2D eigenvalue weighted by Gasteiger charge is -2.19. The number of alkyl halides is 3. The van der Waals surface area contributed by atoms with Gasteiger partial charge < -0.3 is 9.64 Å². The normalized spacial score (nSPS) is 19.3. The number of hydrogen-bond donors (Lipinski definition) is 0. The van der Waals surface area contributed by atoms with Crippen LogP contribution in [-0.4, -0.2) is 36.3 Å². The van der Waals surface area contributed by atoms with Crippen molar-refractivity contribution >= 4 is 5.82 Å². The van der Waals surface area contributed by atoms with Crippen LogP contribution >= 0.6 is 0 Å². The fourth-order valence-corrected chi connectivity index (χ4v) is 2.24. The van der Waals surface area contributed by atoms with Gasteiger partial charge in [-0.15, -0.1) is 0 Å². The van der Waals surface area contributed by atoms with E-state index in [1.165, 1.54) is 6.07 Å². The fraction of sp³-hybridized carbons (Fsp3) is 0.692. The van der Waals surface area contributed by atoms with E-state index in [2.05, 4.69) is 9.97 Å². The Kier molecular flexibility index (Phi) is 4.80. The lowest BCUT2D eigenvalue weighted by Crippen LogP contribution is -2.23. The summed E-state index contributed by atoms with van der Waals surface area (Å²) in [4.78, 5) is 8.52. The van der Waals surface area contributed by atoms with Gasteiger partial charge in [0, 0.05) is 26.4 Å². The van der Waals surface area contributed by atoms with Gasteiger partial charge in [0.1, 0.15) is 5.82 Å². The maximum Gasteiger partial charge on any atom is 0.451 e. The average molecular weight is 289 g/mol. The highest BCUT2D eigenvalue weighted by Gasteiger charge is 2.34. The van der Waals surface area contributed by atoms with Crippen LogP contribution < -0.4 is 4.90 Å². The fourth-order valence-electron chi connectivity index (χ4n) is 2.24. The first-order valence-electron chi connectivity index (χ1n) is 6.70. The third kappa shape index (κ3) is 4.06. The van der Waals surface area contributed by atoms with Crippen molar-refractivity contribution in [2.45, 2.75) is 38.0 Å². The summed E-state index contributed by atoms with van der Waals surface area (Å²) in [6, 6.07) is 1.49. The van der Waals surface area contributed by atoms with Gasteiger partial charge in [-0.25, -0.2) is 9.97 Å². The molecule has 20 heavy (non-hydrogen) atoms. The molecule has 7 heteroatoms. The second-order valence-electron chi connectivity index (χ2n) is 4.94. The van der Waals surface area contributed by atoms with Crippen LogP contribution in [0.1, 0.15) is 31.5 Å². The predicted octanol–water partition coefficient (Wildman–Crippen LogP) is 2.89. The summed E-state index contributed by atoms with van der Waals surface area (Å²) in [5.74, 6) is -0.805. The van der Waals surface area contributed by atoms with E-state index in [-0.39, 0.29) is 0 Å². The lowest BCUT2D eigenvalue weighted by atomic mass is 10.1. The van der Waals surface area contributed by atoms with Crippen molar-refractivity contribution in [2.75, 3.05) is 25.1 Å². The Morgan fingerprint density at radius 2 is 2.25 bits per heavy atom. The summed E-state index contributed by atoms with van der Waals surface area (Å²) in [6.45, 7) is 1.47. The lowest BCUT2D eigenvalue weighted by molar-refractivity contribution is -0.144. The molecule has 0 radical (unpaired) electrons. The molecule has 112 valence electrons. The highest BCUT2D eigenvalue weighted by molar-refractivity contribution is 5.36. The molecule has 1 aliphatic rings. The Morgan fingerprint density at radius 3 is 2.90 bits per heavy atom. The minimum atomic E-state index is -4.51. The quantitative estimate of drug-likeness (QED) is 0.835. The molecule has 1 saturated heterocycles. The molecule has 0 spiro atoms. The zero-order valence-corrected chi connectivity index (χ0v) is 11.4. The van der Waals surface area contributed by atoms with Crippen molar-refractivity contribution in [3.05, 3.63) is 18.1 Å². The molecule has 1 aromatic heterocycles. The number of aromatic nitrogens is 2. The van der Waals surface area contributed by atoms with Gasteiger partial charge in [0.25, 0.3) is 0 Å². The van der Waals surface area contributed by atoms with Gasteiger partial charge in [-0.3, -0.25) is 0 Å². The van der Waals surface area contributed by atoms with Crippen LogP contribution in [0.4, 0.5) is 19.0 Å². The van der Waals surface area contributed by atoms with Crippen LogP contribution in [0, 0.1) is 0 Å². The summed E-state index contributed by atoms with van der Waals surface area (Å²) in [5, 5.41) is 0. The summed E-state index contributed by atoms with van der Waals surface area (Å²) in [7, 11) is 1.73. The van der Waals surface area contributed by atoms with Crippen LogP contribution in [0.3, 0.4) is 0 Å². The van der Waals surface area contributed by atoms with Crippen LogP contribution in [0.2, 0.25) is 0 Å². The van der Waals surface area contributed by atoms with Gasteiger partial charge >= 0.3 is 6.18 Å². The molecule has 0 bridgehead atoms. The molecule has 1 fully saturated rings. The summed E-state index contributed by atoms with van der Waals surface area (Å²) in [6.07, 6.45) is 0.917. The standard InChI is InChI=1S/C13H18F3N3O/c1-19(8-2-4-10-5-3-9-20-10)11-6-7-17-12(18-11)13(14,15)16/h6-7,10H,2-5,8-9H2,1H3/t10-/m0/s1. The Hall–Kier alpha value is -1.37. The molecule has 0 amide bonds. The Bertz CT molecular complexity index is 433. The van der Waals surface area contributed by atoms with Gasteiger partial charge in [0.15, 0.2) is 0 Å². The largest absolute Gasteiger partial charge is 0.451 e. The second-order valence-corrected chi connectivity index (χ2v) is 4.94. The predicted molar refractivity (Wildman–Crippen MR) is 68.5 cm³/mol. The van der Waals surface area contributed by atoms with Gasteiger partial charge in [-0.1, -0.05) is 0 Å². The number of anilines is 1. The highest BCUT2D eigenvalue weighted by Crippen LogP contribution is 2.27. The van der Waals surface area contributed by atoms with Gasteiger partial charge in [0.2, 0.25) is 5.82 Å². The van der Waals surface area contributed by atoms with E-state index in [9.17, 15) is 13.2 Å². The van der Waals surface area contributed by atoms with Gasteiger partial charge in [-0.2, -0.15) is 13.2 Å². The Balaban J connectivity index is 1.86. The van der Waals surface area contributed by atoms with Crippen molar-refractivity contribution in [2.24, 2.45) is 0 Å². The first kappa shape index (κ1) is 15.0. The second kappa shape index (κ2) is 6.39. The van der Waals surface area contributed by atoms with E-state index < -0.39 is 12.0 Å². The van der Waals surface area contributed by atoms with Crippen molar-refractivity contribution in [1.29, 1.82) is 0 Å². The minimum absolute atomic E-state index is 0.291. The third-order valence-electron chi connectivity index (χ3n) is 3.33. The number of hydrogen-bond acceptors (Lipinski definition) is 4. The summed E-state index contributed by atoms with van der Waals surface area (Å²) < 4.78 is 43.1. The topological polar surface area (TPSA) is 38.2 Å². The summed E-state index contributed by atoms with van der Waals surface area (Å²) >= 11 is 0. The molecule has 0 unspecified atom stereocenters. The van der Waals surface area contributed by atoms with Crippen molar-refractivity contribution in [3.63, 3.8) is 0 Å². The number of nitrogens with zero attached hydrogens (tertiary/aromatic N) is 3. The average Bonchev–Trinajstić information content (AvgIpc) is 2.91. The Labute approximate surface area is 116 Å². The van der Waals surface area contributed by atoms with Crippen LogP contribution in [0.25, 0.3) is 0 Å². The van der Waals surface area contributed by atoms with Gasteiger partial charge in [-0.05, 0) is 31.7 Å². The van der Waals surface area contributed by atoms with Crippen molar-refractivity contribution < 1.29 is 17.9 Å². The molecular weight excluding hydrogens is 271 g/mol. The van der Waals surface area contributed by atoms with E-state index in [1.807, 2.05) is 0 Å². The number of rotatable bonds is 5. The smallest absolute Gasteiger partial charge is 0.378 e. The van der Waals surface area contributed by atoms with Crippen LogP contribution in [-0.2, 0) is 10.9 Å². The minimum Gasteiger partial charge on any atom is -0.378 e. The molecule has 2 heterocycles.